The van der Waals surface area contributed by atoms with Gasteiger partial charge in [0.25, 0.3) is 0 Å². The normalized spacial score (nSPS) is 33.4. The molecule has 8 heteroatoms. The summed E-state index contributed by atoms with van der Waals surface area (Å²) >= 11 is 0. The topological polar surface area (TPSA) is 55.4 Å². The van der Waals surface area contributed by atoms with Gasteiger partial charge in [-0.25, -0.2) is 0 Å². The van der Waals surface area contributed by atoms with E-state index in [-0.39, 0.29) is 23.8 Å². The largest absolute Gasteiger partial charge is 0.534 e. The van der Waals surface area contributed by atoms with E-state index in [0.717, 1.165) is 12.8 Å². The van der Waals surface area contributed by atoms with Crippen molar-refractivity contribution < 1.29 is 25.8 Å². The zero-order valence-electron chi connectivity index (χ0n) is 8.99. The molecule has 0 radical (unpaired) electrons. The summed E-state index contributed by atoms with van der Waals surface area (Å²) in [7, 11) is -5.55. The predicted octanol–water partition coefficient (Wildman–Crippen LogP) is 1.51. The quantitative estimate of drug-likeness (QED) is 0.611. The molecule has 1 saturated heterocycles. The van der Waals surface area contributed by atoms with E-state index in [1.807, 2.05) is 0 Å². The lowest BCUT2D eigenvalue weighted by Gasteiger charge is -2.27. The summed E-state index contributed by atoms with van der Waals surface area (Å²) in [5, 5.41) is 3.16. The van der Waals surface area contributed by atoms with Crippen molar-refractivity contribution >= 4 is 10.1 Å². The van der Waals surface area contributed by atoms with Gasteiger partial charge in [-0.2, -0.15) is 21.6 Å². The van der Waals surface area contributed by atoms with E-state index in [1.165, 1.54) is 6.08 Å². The van der Waals surface area contributed by atoms with E-state index in [9.17, 15) is 21.6 Å². The van der Waals surface area contributed by atoms with Gasteiger partial charge in [0.1, 0.15) is 5.76 Å². The molecule has 17 heavy (non-hydrogen) atoms. The molecule has 3 atom stereocenters. The van der Waals surface area contributed by atoms with Crippen LogP contribution < -0.4 is 5.32 Å². The fraction of sp³-hybridized carbons (Fsp3) is 0.778. The van der Waals surface area contributed by atoms with Crippen LogP contribution in [-0.2, 0) is 14.3 Å². The van der Waals surface area contributed by atoms with Crippen LogP contribution in [0.25, 0.3) is 0 Å². The zero-order chi connectivity index (χ0) is 12.8. The maximum Gasteiger partial charge on any atom is 0.534 e. The molecular weight excluding hydrogens is 259 g/mol. The van der Waals surface area contributed by atoms with Gasteiger partial charge in [-0.3, -0.25) is 0 Å². The molecular formula is C9H12F3NO3S. The Kier molecular flexibility index (Phi) is 2.89. The van der Waals surface area contributed by atoms with Crippen molar-refractivity contribution in [1.82, 2.24) is 5.32 Å². The first-order valence-corrected chi connectivity index (χ1v) is 6.60. The summed E-state index contributed by atoms with van der Waals surface area (Å²) in [4.78, 5) is 0. The summed E-state index contributed by atoms with van der Waals surface area (Å²) in [6.07, 6.45) is 3.02. The molecule has 0 spiro atoms. The molecule has 1 N–H and O–H groups in total. The average Bonchev–Trinajstić information content (AvgIpc) is 2.56. The summed E-state index contributed by atoms with van der Waals surface area (Å²) in [6, 6.07) is -0.0990. The van der Waals surface area contributed by atoms with Crippen LogP contribution in [0.3, 0.4) is 0 Å². The fourth-order valence-electron chi connectivity index (χ4n) is 2.15. The number of hydrogen-bond acceptors (Lipinski definition) is 4. The van der Waals surface area contributed by atoms with Crippen LogP contribution in [0.1, 0.15) is 19.8 Å². The van der Waals surface area contributed by atoms with Crippen LogP contribution in [0.4, 0.5) is 13.2 Å². The van der Waals surface area contributed by atoms with Crippen molar-refractivity contribution in [2.45, 2.75) is 37.4 Å². The molecule has 3 unspecified atom stereocenters. The highest BCUT2D eigenvalue weighted by Gasteiger charge is 2.50. The monoisotopic (exact) mass is 271 g/mol. The Labute approximate surface area is 97.0 Å². The molecule has 98 valence electrons. The van der Waals surface area contributed by atoms with Gasteiger partial charge in [-0.15, -0.1) is 0 Å². The van der Waals surface area contributed by atoms with E-state index in [4.69, 9.17) is 0 Å². The molecule has 2 bridgehead atoms. The van der Waals surface area contributed by atoms with E-state index in [2.05, 4.69) is 9.50 Å². The number of alkyl halides is 3. The van der Waals surface area contributed by atoms with Crippen LogP contribution in [0.15, 0.2) is 11.8 Å². The molecule has 2 heterocycles. The molecule has 1 fully saturated rings. The molecule has 0 amide bonds. The van der Waals surface area contributed by atoms with Gasteiger partial charge in [0.15, 0.2) is 0 Å². The van der Waals surface area contributed by atoms with Crippen molar-refractivity contribution in [3.05, 3.63) is 11.8 Å². The van der Waals surface area contributed by atoms with Gasteiger partial charge in [0.2, 0.25) is 0 Å². The summed E-state index contributed by atoms with van der Waals surface area (Å²) < 4.78 is 62.5. The minimum Gasteiger partial charge on any atom is -0.381 e. The van der Waals surface area contributed by atoms with Gasteiger partial charge < -0.3 is 9.50 Å². The Morgan fingerprint density at radius 3 is 2.65 bits per heavy atom. The molecule has 0 saturated carbocycles. The van der Waals surface area contributed by atoms with Gasteiger partial charge in [-0.05, 0) is 18.9 Å². The molecule has 0 aromatic carbocycles. The highest BCUT2D eigenvalue weighted by molar-refractivity contribution is 7.87. The number of fused-ring (bicyclic) bond motifs is 2. The lowest BCUT2D eigenvalue weighted by Crippen LogP contribution is -2.40. The van der Waals surface area contributed by atoms with Crippen molar-refractivity contribution in [3.8, 4) is 0 Å². The first-order chi connectivity index (χ1) is 7.71. The minimum absolute atomic E-state index is 0.0107. The van der Waals surface area contributed by atoms with E-state index in [0.29, 0.717) is 0 Å². The van der Waals surface area contributed by atoms with E-state index >= 15 is 0 Å². The number of rotatable bonds is 2. The molecule has 0 aliphatic carbocycles. The van der Waals surface area contributed by atoms with Gasteiger partial charge in [-0.1, -0.05) is 6.92 Å². The van der Waals surface area contributed by atoms with Crippen LogP contribution >= 0.6 is 0 Å². The Hall–Kier alpha value is -0.760. The van der Waals surface area contributed by atoms with Crippen molar-refractivity contribution in [2.24, 2.45) is 5.92 Å². The van der Waals surface area contributed by atoms with Crippen molar-refractivity contribution in [1.29, 1.82) is 0 Å². The maximum absolute atomic E-state index is 12.2. The first-order valence-electron chi connectivity index (χ1n) is 5.19. The SMILES string of the molecule is CC1C(OS(=O)(=O)C(F)(F)F)=CC2CCC1N2. The maximum atomic E-state index is 12.2. The third-order valence-electron chi connectivity index (χ3n) is 3.12. The molecule has 2 rings (SSSR count). The number of nitrogens with one attached hydrogen (secondary N) is 1. The second kappa shape index (κ2) is 3.88. The number of halogens is 3. The van der Waals surface area contributed by atoms with Crippen LogP contribution in [-0.4, -0.2) is 26.0 Å². The lowest BCUT2D eigenvalue weighted by molar-refractivity contribution is -0.0528. The lowest BCUT2D eigenvalue weighted by atomic mass is 9.98. The van der Waals surface area contributed by atoms with Crippen LogP contribution in [0.5, 0.6) is 0 Å². The molecule has 4 nitrogen and oxygen atoms in total. The number of hydrogen-bond donors (Lipinski definition) is 1. The standard InChI is InChI=1S/C9H12F3NO3S/c1-5-7-3-2-6(13-7)4-8(5)16-17(14,15)9(10,11)12/h4-7,13H,2-3H2,1H3. The average molecular weight is 271 g/mol. The summed E-state index contributed by atoms with van der Waals surface area (Å²) in [5.74, 6) is -0.473. The summed E-state index contributed by atoms with van der Waals surface area (Å²) in [5.41, 5.74) is -5.38. The third kappa shape index (κ3) is 2.28. The second-order valence-electron chi connectivity index (χ2n) is 4.30. The van der Waals surface area contributed by atoms with Gasteiger partial charge in [0, 0.05) is 18.0 Å². The first kappa shape index (κ1) is 12.7. The fourth-order valence-corrected chi connectivity index (χ4v) is 2.71. The summed E-state index contributed by atoms with van der Waals surface area (Å²) in [6.45, 7) is 1.65. The van der Waals surface area contributed by atoms with Crippen molar-refractivity contribution in [3.63, 3.8) is 0 Å². The van der Waals surface area contributed by atoms with E-state index in [1.54, 1.807) is 6.92 Å². The molecule has 0 aromatic heterocycles. The van der Waals surface area contributed by atoms with Gasteiger partial charge >= 0.3 is 15.6 Å². The molecule has 2 aliphatic rings. The van der Waals surface area contributed by atoms with Crippen LogP contribution in [0.2, 0.25) is 0 Å². The highest BCUT2D eigenvalue weighted by Crippen LogP contribution is 2.35. The Morgan fingerprint density at radius 1 is 1.41 bits per heavy atom. The smallest absolute Gasteiger partial charge is 0.381 e. The van der Waals surface area contributed by atoms with Crippen molar-refractivity contribution in [2.75, 3.05) is 0 Å². The molecule has 0 aromatic rings. The zero-order valence-corrected chi connectivity index (χ0v) is 9.81. The minimum atomic E-state index is -5.55. The Balaban J connectivity index is 2.20. The van der Waals surface area contributed by atoms with E-state index < -0.39 is 15.6 Å². The Bertz CT molecular complexity index is 443. The Morgan fingerprint density at radius 2 is 2.06 bits per heavy atom. The third-order valence-corrected chi connectivity index (χ3v) is 4.10. The van der Waals surface area contributed by atoms with Gasteiger partial charge in [0.05, 0.1) is 0 Å². The molecule has 2 aliphatic heterocycles. The van der Waals surface area contributed by atoms with Crippen LogP contribution in [0, 0.1) is 5.92 Å². The predicted molar refractivity (Wildman–Crippen MR) is 53.3 cm³/mol. The second-order valence-corrected chi connectivity index (χ2v) is 5.84. The highest BCUT2D eigenvalue weighted by atomic mass is 32.2.